The summed E-state index contributed by atoms with van der Waals surface area (Å²) in [6, 6.07) is 28.8. The Labute approximate surface area is 182 Å². The van der Waals surface area contributed by atoms with Gasteiger partial charge in [-0.2, -0.15) is 0 Å². The van der Waals surface area contributed by atoms with Crippen LogP contribution in [0.5, 0.6) is 5.75 Å². The van der Waals surface area contributed by atoms with Crippen LogP contribution in [0.1, 0.15) is 29.9 Å². The van der Waals surface area contributed by atoms with Crippen LogP contribution in [0, 0.1) is 0 Å². The summed E-state index contributed by atoms with van der Waals surface area (Å²) < 4.78 is 5.31. The van der Waals surface area contributed by atoms with Crippen molar-refractivity contribution in [3.8, 4) is 5.75 Å². The van der Waals surface area contributed by atoms with E-state index in [1.807, 2.05) is 83.8 Å². The summed E-state index contributed by atoms with van der Waals surface area (Å²) in [6.45, 7) is 1.20. The van der Waals surface area contributed by atoms with Crippen molar-refractivity contribution in [2.75, 3.05) is 13.1 Å². The van der Waals surface area contributed by atoms with Crippen LogP contribution in [0.4, 0.5) is 4.79 Å². The van der Waals surface area contributed by atoms with Gasteiger partial charge in [-0.3, -0.25) is 4.79 Å². The number of piperidine rings is 1. The largest absolute Gasteiger partial charge is 0.412 e. The number of carbonyl (C=O) groups is 2. The summed E-state index contributed by atoms with van der Waals surface area (Å²) in [5.74, 6) is 0.291. The molecule has 0 radical (unpaired) electrons. The smallest absolute Gasteiger partial charge is 0.410 e. The zero-order valence-electron chi connectivity index (χ0n) is 17.3. The summed E-state index contributed by atoms with van der Waals surface area (Å²) in [6.07, 6.45) is 0.945. The highest BCUT2D eigenvalue weighted by atomic mass is 16.6. The molecular weight excluding hydrogens is 388 g/mol. The average Bonchev–Trinajstić information content (AvgIpc) is 2.82. The van der Waals surface area contributed by atoms with Gasteiger partial charge >= 0.3 is 6.09 Å². The van der Waals surface area contributed by atoms with Gasteiger partial charge in [0.15, 0.2) is 0 Å². The molecule has 0 saturated carbocycles. The van der Waals surface area contributed by atoms with Crippen LogP contribution in [0.15, 0.2) is 91.0 Å². The maximum absolute atomic E-state index is 13.5. The van der Waals surface area contributed by atoms with Crippen molar-refractivity contribution >= 4 is 12.0 Å². The minimum Gasteiger partial charge on any atom is -0.410 e. The van der Waals surface area contributed by atoms with Crippen molar-refractivity contribution in [3.63, 3.8) is 0 Å². The van der Waals surface area contributed by atoms with Crippen LogP contribution >= 0.6 is 0 Å². The first-order valence-electron chi connectivity index (χ1n) is 10.6. The third kappa shape index (κ3) is 5.31. The maximum Gasteiger partial charge on any atom is 0.412 e. The van der Waals surface area contributed by atoms with E-state index in [9.17, 15) is 9.59 Å². The number of rotatable bonds is 5. The van der Waals surface area contributed by atoms with E-state index < -0.39 is 6.09 Å². The van der Waals surface area contributed by atoms with E-state index >= 15 is 0 Å². The minimum atomic E-state index is -0.456. The number of hydrogen-bond acceptors (Lipinski definition) is 3. The van der Waals surface area contributed by atoms with Crippen LogP contribution in [0.3, 0.4) is 0 Å². The van der Waals surface area contributed by atoms with Crippen molar-refractivity contribution in [1.82, 2.24) is 10.2 Å². The maximum atomic E-state index is 13.5. The molecule has 0 aliphatic carbocycles. The fourth-order valence-electron chi connectivity index (χ4n) is 3.99. The average molecular weight is 415 g/mol. The Kier molecular flexibility index (Phi) is 6.62. The summed E-state index contributed by atoms with van der Waals surface area (Å²) in [7, 11) is 0. The topological polar surface area (TPSA) is 58.6 Å². The molecule has 31 heavy (non-hydrogen) atoms. The highest BCUT2D eigenvalue weighted by Crippen LogP contribution is 2.28. The van der Waals surface area contributed by atoms with E-state index in [-0.39, 0.29) is 17.9 Å². The monoisotopic (exact) mass is 414 g/mol. The molecule has 5 heteroatoms. The van der Waals surface area contributed by atoms with Crippen molar-refractivity contribution in [3.05, 3.63) is 102 Å². The summed E-state index contributed by atoms with van der Waals surface area (Å²) >= 11 is 0. The molecule has 1 heterocycles. The van der Waals surface area contributed by atoms with Gasteiger partial charge < -0.3 is 15.0 Å². The van der Waals surface area contributed by atoms with Crippen molar-refractivity contribution in [2.24, 2.45) is 0 Å². The molecule has 0 atom stereocenters. The highest BCUT2D eigenvalue weighted by molar-refractivity contribution is 5.87. The summed E-state index contributed by atoms with van der Waals surface area (Å²) in [5.41, 5.74) is 1.98. The van der Waals surface area contributed by atoms with Crippen LogP contribution in [0.25, 0.3) is 0 Å². The lowest BCUT2D eigenvalue weighted by molar-refractivity contribution is -0.132. The standard InChI is InChI=1S/C26H26N2O3/c29-25(24(20-10-4-1-5-11-20)21-12-6-2-7-13-21)28-18-16-22(17-19-28)27-26(30)31-23-14-8-3-9-15-23/h1-15,22,24H,16-19H2,(H,27,30). The molecule has 1 aliphatic heterocycles. The van der Waals surface area contributed by atoms with Crippen LogP contribution < -0.4 is 10.1 Å². The Balaban J connectivity index is 1.38. The second-order valence-corrected chi connectivity index (χ2v) is 7.70. The number of para-hydroxylation sites is 1. The molecule has 1 aliphatic rings. The molecule has 0 aromatic heterocycles. The normalized spacial score (nSPS) is 14.3. The fraction of sp³-hybridized carbons (Fsp3) is 0.231. The van der Waals surface area contributed by atoms with Crippen molar-refractivity contribution in [1.29, 1.82) is 0 Å². The van der Waals surface area contributed by atoms with Gasteiger partial charge in [0.25, 0.3) is 0 Å². The van der Waals surface area contributed by atoms with Crippen molar-refractivity contribution < 1.29 is 14.3 Å². The predicted octanol–water partition coefficient (Wildman–Crippen LogP) is 4.60. The molecule has 0 unspecified atom stereocenters. The Morgan fingerprint density at radius 2 is 1.26 bits per heavy atom. The number of ether oxygens (including phenoxy) is 1. The Morgan fingerprint density at radius 1 is 0.774 bits per heavy atom. The first kappa shape index (κ1) is 20.7. The fourth-order valence-corrected chi connectivity index (χ4v) is 3.99. The number of nitrogens with zero attached hydrogens (tertiary/aromatic N) is 1. The Hall–Kier alpha value is -3.60. The van der Waals surface area contributed by atoms with E-state index in [4.69, 9.17) is 4.74 Å². The number of hydrogen-bond donors (Lipinski definition) is 1. The van der Waals surface area contributed by atoms with Gasteiger partial charge in [0.05, 0.1) is 5.92 Å². The predicted molar refractivity (Wildman–Crippen MR) is 120 cm³/mol. The number of nitrogens with one attached hydrogen (secondary N) is 1. The number of benzene rings is 3. The molecule has 0 spiro atoms. The highest BCUT2D eigenvalue weighted by Gasteiger charge is 2.30. The molecule has 1 fully saturated rings. The SMILES string of the molecule is O=C(NC1CCN(C(=O)C(c2ccccc2)c2ccccc2)CC1)Oc1ccccc1. The van der Waals surface area contributed by atoms with Gasteiger partial charge in [-0.25, -0.2) is 4.79 Å². The first-order valence-corrected chi connectivity index (χ1v) is 10.6. The van der Waals surface area contributed by atoms with E-state index in [2.05, 4.69) is 5.32 Å². The lowest BCUT2D eigenvalue weighted by atomic mass is 9.89. The third-order valence-electron chi connectivity index (χ3n) is 5.60. The first-order chi connectivity index (χ1) is 15.2. The lowest BCUT2D eigenvalue weighted by Gasteiger charge is -2.34. The van der Waals surface area contributed by atoms with Gasteiger partial charge in [-0.1, -0.05) is 78.9 Å². The van der Waals surface area contributed by atoms with Gasteiger partial charge in [0.2, 0.25) is 5.91 Å². The Morgan fingerprint density at radius 3 is 1.77 bits per heavy atom. The quantitative estimate of drug-likeness (QED) is 0.664. The van der Waals surface area contributed by atoms with E-state index in [0.29, 0.717) is 31.7 Å². The number of carbonyl (C=O) groups excluding carboxylic acids is 2. The van der Waals surface area contributed by atoms with E-state index in [1.54, 1.807) is 12.1 Å². The molecular formula is C26H26N2O3. The molecule has 3 aromatic carbocycles. The lowest BCUT2D eigenvalue weighted by Crippen LogP contribution is -2.48. The summed E-state index contributed by atoms with van der Waals surface area (Å²) in [4.78, 5) is 27.6. The van der Waals surface area contributed by atoms with Gasteiger partial charge in [0.1, 0.15) is 5.75 Å². The number of amides is 2. The molecule has 1 N–H and O–H groups in total. The Bertz CT molecular complexity index is 945. The second kappa shape index (κ2) is 9.94. The molecule has 3 aromatic rings. The molecule has 5 nitrogen and oxygen atoms in total. The second-order valence-electron chi connectivity index (χ2n) is 7.70. The molecule has 2 amide bonds. The van der Waals surface area contributed by atoms with E-state index in [1.165, 1.54) is 0 Å². The van der Waals surface area contributed by atoms with Gasteiger partial charge in [0, 0.05) is 19.1 Å². The zero-order valence-corrected chi connectivity index (χ0v) is 17.3. The van der Waals surface area contributed by atoms with Crippen molar-refractivity contribution in [2.45, 2.75) is 24.8 Å². The van der Waals surface area contributed by atoms with Gasteiger partial charge in [-0.15, -0.1) is 0 Å². The van der Waals surface area contributed by atoms with Crippen LogP contribution in [-0.4, -0.2) is 36.0 Å². The van der Waals surface area contributed by atoms with Crippen LogP contribution in [0.2, 0.25) is 0 Å². The summed E-state index contributed by atoms with van der Waals surface area (Å²) in [5, 5.41) is 2.92. The van der Waals surface area contributed by atoms with Crippen LogP contribution in [-0.2, 0) is 4.79 Å². The third-order valence-corrected chi connectivity index (χ3v) is 5.60. The molecule has 4 rings (SSSR count). The van der Waals surface area contributed by atoms with Gasteiger partial charge in [-0.05, 0) is 36.1 Å². The molecule has 158 valence electrons. The minimum absolute atomic E-state index is 0.00726. The van der Waals surface area contributed by atoms with E-state index in [0.717, 1.165) is 11.1 Å². The molecule has 1 saturated heterocycles. The molecule has 0 bridgehead atoms. The zero-order chi connectivity index (χ0) is 21.5. The number of likely N-dealkylation sites (tertiary alicyclic amines) is 1.